The van der Waals surface area contributed by atoms with Crippen molar-refractivity contribution in [2.24, 2.45) is 0 Å². The van der Waals surface area contributed by atoms with Gasteiger partial charge >= 0.3 is 6.36 Å². The molecule has 0 aliphatic carbocycles. The van der Waals surface area contributed by atoms with E-state index in [1.165, 1.54) is 30.6 Å². The molecule has 0 fully saturated rings. The lowest BCUT2D eigenvalue weighted by Crippen LogP contribution is -2.17. The predicted molar refractivity (Wildman–Crippen MR) is 81.7 cm³/mol. The molecule has 5 nitrogen and oxygen atoms in total. The van der Waals surface area contributed by atoms with E-state index < -0.39 is 6.36 Å². The Bertz CT molecular complexity index is 808. The van der Waals surface area contributed by atoms with Crippen LogP contribution in [-0.4, -0.2) is 21.3 Å². The summed E-state index contributed by atoms with van der Waals surface area (Å²) in [7, 11) is 0. The number of ether oxygens (including phenoxy) is 1. The number of anilines is 2. The van der Waals surface area contributed by atoms with Crippen LogP contribution in [0.3, 0.4) is 0 Å². The molecule has 3 aromatic rings. The molecule has 0 aliphatic heterocycles. The fourth-order valence-electron chi connectivity index (χ4n) is 1.95. The summed E-state index contributed by atoms with van der Waals surface area (Å²) in [4.78, 5) is 12.4. The maximum absolute atomic E-state index is 12.1. The van der Waals surface area contributed by atoms with Crippen molar-refractivity contribution in [1.82, 2.24) is 15.0 Å². The van der Waals surface area contributed by atoms with Gasteiger partial charge in [0, 0.05) is 11.3 Å². The van der Waals surface area contributed by atoms with Crippen LogP contribution in [0.15, 0.2) is 60.9 Å². The zero-order valence-corrected chi connectivity index (χ0v) is 12.2. The lowest BCUT2D eigenvalue weighted by Gasteiger charge is -2.10. The van der Waals surface area contributed by atoms with Crippen molar-refractivity contribution in [3.05, 3.63) is 60.9 Å². The SMILES string of the molecule is FC(F)(F)Oc1ccc(Nc2ncnc(-c3ccccc3)n2)cc1. The Kier molecular flexibility index (Phi) is 4.28. The quantitative estimate of drug-likeness (QED) is 0.776. The second kappa shape index (κ2) is 6.53. The fraction of sp³-hybridized carbons (Fsp3) is 0.0625. The molecule has 122 valence electrons. The molecule has 2 aromatic carbocycles. The molecule has 0 atom stereocenters. The Morgan fingerprint density at radius 3 is 2.25 bits per heavy atom. The van der Waals surface area contributed by atoms with Crippen molar-refractivity contribution < 1.29 is 17.9 Å². The average Bonchev–Trinajstić information content (AvgIpc) is 2.56. The summed E-state index contributed by atoms with van der Waals surface area (Å²) in [5.74, 6) is 0.479. The Morgan fingerprint density at radius 2 is 1.58 bits per heavy atom. The Labute approximate surface area is 135 Å². The van der Waals surface area contributed by atoms with E-state index in [1.54, 1.807) is 0 Å². The Hall–Kier alpha value is -3.16. The van der Waals surface area contributed by atoms with E-state index in [-0.39, 0.29) is 11.7 Å². The van der Waals surface area contributed by atoms with Gasteiger partial charge in [-0.1, -0.05) is 30.3 Å². The van der Waals surface area contributed by atoms with E-state index in [0.717, 1.165) is 5.56 Å². The first kappa shape index (κ1) is 15.7. The normalized spacial score (nSPS) is 11.1. The number of rotatable bonds is 4. The highest BCUT2D eigenvalue weighted by Gasteiger charge is 2.30. The number of hydrogen-bond acceptors (Lipinski definition) is 5. The summed E-state index contributed by atoms with van der Waals surface area (Å²) in [6, 6.07) is 14.6. The number of aromatic nitrogens is 3. The first-order chi connectivity index (χ1) is 11.5. The van der Waals surface area contributed by atoms with Crippen LogP contribution < -0.4 is 10.1 Å². The van der Waals surface area contributed by atoms with Gasteiger partial charge in [0.1, 0.15) is 12.1 Å². The van der Waals surface area contributed by atoms with Gasteiger partial charge in [-0.25, -0.2) is 9.97 Å². The number of benzene rings is 2. The molecule has 0 aliphatic rings. The Balaban J connectivity index is 1.75. The lowest BCUT2D eigenvalue weighted by atomic mass is 10.2. The van der Waals surface area contributed by atoms with Gasteiger partial charge in [0.2, 0.25) is 5.95 Å². The monoisotopic (exact) mass is 332 g/mol. The topological polar surface area (TPSA) is 59.9 Å². The zero-order chi connectivity index (χ0) is 17.0. The van der Waals surface area contributed by atoms with Crippen LogP contribution in [0.2, 0.25) is 0 Å². The standard InChI is InChI=1S/C16H11F3N4O/c17-16(18,19)24-13-8-6-12(7-9-13)22-15-21-10-20-14(23-15)11-4-2-1-3-5-11/h1-10H,(H,20,21,22,23). The van der Waals surface area contributed by atoms with E-state index in [0.29, 0.717) is 11.5 Å². The molecule has 0 radical (unpaired) electrons. The van der Waals surface area contributed by atoms with E-state index in [4.69, 9.17) is 0 Å². The van der Waals surface area contributed by atoms with Crippen LogP contribution >= 0.6 is 0 Å². The molecule has 1 N–H and O–H groups in total. The minimum absolute atomic E-state index is 0.286. The van der Waals surface area contributed by atoms with Gasteiger partial charge in [-0.15, -0.1) is 13.2 Å². The van der Waals surface area contributed by atoms with Crippen LogP contribution in [0.5, 0.6) is 5.75 Å². The first-order valence-electron chi connectivity index (χ1n) is 6.87. The molecule has 0 bridgehead atoms. The summed E-state index contributed by atoms with van der Waals surface area (Å²) in [5, 5.41) is 2.91. The first-order valence-corrected chi connectivity index (χ1v) is 6.87. The molecule has 0 spiro atoms. The number of nitrogens with one attached hydrogen (secondary N) is 1. The van der Waals surface area contributed by atoms with Gasteiger partial charge < -0.3 is 10.1 Å². The average molecular weight is 332 g/mol. The second-order valence-corrected chi connectivity index (χ2v) is 4.70. The predicted octanol–water partition coefficient (Wildman–Crippen LogP) is 4.18. The second-order valence-electron chi connectivity index (χ2n) is 4.70. The van der Waals surface area contributed by atoms with Gasteiger partial charge in [-0.3, -0.25) is 0 Å². The van der Waals surface area contributed by atoms with Gasteiger partial charge in [0.15, 0.2) is 5.82 Å². The van der Waals surface area contributed by atoms with Crippen molar-refractivity contribution in [2.45, 2.75) is 6.36 Å². The highest BCUT2D eigenvalue weighted by Crippen LogP contribution is 2.25. The summed E-state index contributed by atoms with van der Waals surface area (Å²) in [6.07, 6.45) is -3.35. The van der Waals surface area contributed by atoms with Crippen molar-refractivity contribution in [2.75, 3.05) is 5.32 Å². The highest BCUT2D eigenvalue weighted by molar-refractivity contribution is 5.59. The molecule has 24 heavy (non-hydrogen) atoms. The van der Waals surface area contributed by atoms with Gasteiger partial charge in [0.05, 0.1) is 0 Å². The lowest BCUT2D eigenvalue weighted by molar-refractivity contribution is -0.274. The van der Waals surface area contributed by atoms with Crippen LogP contribution in [0.4, 0.5) is 24.8 Å². The van der Waals surface area contributed by atoms with Crippen molar-refractivity contribution >= 4 is 11.6 Å². The molecule has 8 heteroatoms. The third-order valence-corrected chi connectivity index (χ3v) is 2.95. The highest BCUT2D eigenvalue weighted by atomic mass is 19.4. The number of halogens is 3. The third kappa shape index (κ3) is 4.19. The van der Waals surface area contributed by atoms with Crippen LogP contribution in [0.25, 0.3) is 11.4 Å². The summed E-state index contributed by atoms with van der Waals surface area (Å²) in [6.45, 7) is 0. The zero-order valence-electron chi connectivity index (χ0n) is 12.2. The largest absolute Gasteiger partial charge is 0.573 e. The molecule has 0 saturated heterocycles. The number of alkyl halides is 3. The summed E-state index contributed by atoms with van der Waals surface area (Å²) in [5.41, 5.74) is 1.35. The maximum atomic E-state index is 12.1. The van der Waals surface area contributed by atoms with Crippen molar-refractivity contribution in [1.29, 1.82) is 0 Å². The summed E-state index contributed by atoms with van der Waals surface area (Å²) < 4.78 is 40.2. The van der Waals surface area contributed by atoms with E-state index in [2.05, 4.69) is 25.0 Å². The van der Waals surface area contributed by atoms with Gasteiger partial charge in [0.25, 0.3) is 0 Å². The minimum Gasteiger partial charge on any atom is -0.406 e. The molecular weight excluding hydrogens is 321 g/mol. The molecule has 0 unspecified atom stereocenters. The molecule has 1 aromatic heterocycles. The minimum atomic E-state index is -4.71. The van der Waals surface area contributed by atoms with Crippen molar-refractivity contribution in [3.63, 3.8) is 0 Å². The third-order valence-electron chi connectivity index (χ3n) is 2.95. The van der Waals surface area contributed by atoms with Gasteiger partial charge in [-0.05, 0) is 24.3 Å². The molecule has 1 heterocycles. The summed E-state index contributed by atoms with van der Waals surface area (Å²) >= 11 is 0. The fourth-order valence-corrected chi connectivity index (χ4v) is 1.95. The maximum Gasteiger partial charge on any atom is 0.573 e. The smallest absolute Gasteiger partial charge is 0.406 e. The van der Waals surface area contributed by atoms with E-state index in [9.17, 15) is 13.2 Å². The van der Waals surface area contributed by atoms with Crippen LogP contribution in [0, 0.1) is 0 Å². The van der Waals surface area contributed by atoms with Gasteiger partial charge in [-0.2, -0.15) is 4.98 Å². The Morgan fingerprint density at radius 1 is 0.875 bits per heavy atom. The molecular formula is C16H11F3N4O. The van der Waals surface area contributed by atoms with Crippen LogP contribution in [0.1, 0.15) is 0 Å². The number of nitrogens with zero attached hydrogens (tertiary/aromatic N) is 3. The molecule has 3 rings (SSSR count). The van der Waals surface area contributed by atoms with E-state index in [1.807, 2.05) is 30.3 Å². The molecule has 0 saturated carbocycles. The van der Waals surface area contributed by atoms with E-state index >= 15 is 0 Å². The van der Waals surface area contributed by atoms with Crippen LogP contribution in [-0.2, 0) is 0 Å². The molecule has 0 amide bonds. The van der Waals surface area contributed by atoms with Crippen molar-refractivity contribution in [3.8, 4) is 17.1 Å². The number of hydrogen-bond donors (Lipinski definition) is 1.